The van der Waals surface area contributed by atoms with Gasteiger partial charge in [0.15, 0.2) is 0 Å². The van der Waals surface area contributed by atoms with Crippen LogP contribution in [0.25, 0.3) is 0 Å². The Bertz CT molecular complexity index is 350. The molecule has 0 fully saturated rings. The van der Waals surface area contributed by atoms with E-state index in [0.717, 1.165) is 0 Å². The molecule has 0 aromatic heterocycles. The van der Waals surface area contributed by atoms with Gasteiger partial charge in [0, 0.05) is 12.5 Å². The Balaban J connectivity index is 4.39. The van der Waals surface area contributed by atoms with Crippen molar-refractivity contribution in [2.75, 3.05) is 0 Å². The van der Waals surface area contributed by atoms with Crippen molar-refractivity contribution in [3.05, 3.63) is 0 Å². The molecule has 0 aliphatic carbocycles. The van der Waals surface area contributed by atoms with Gasteiger partial charge in [0.25, 0.3) is 0 Å². The van der Waals surface area contributed by atoms with Crippen LogP contribution in [0.1, 0.15) is 68.2 Å². The van der Waals surface area contributed by atoms with E-state index in [1.165, 1.54) is 0 Å². The Morgan fingerprint density at radius 2 is 1.43 bits per heavy atom. The molecule has 0 bridgehead atoms. The van der Waals surface area contributed by atoms with Gasteiger partial charge in [0.1, 0.15) is 11.2 Å². The molecular weight excluding hydrogens is 270 g/mol. The second kappa shape index (κ2) is 7.66. The molecule has 5 nitrogen and oxygen atoms in total. The molecule has 0 unspecified atom stereocenters. The van der Waals surface area contributed by atoms with E-state index < -0.39 is 17.3 Å². The third-order valence-electron chi connectivity index (χ3n) is 2.59. The van der Waals surface area contributed by atoms with Gasteiger partial charge in [0.2, 0.25) is 0 Å². The molecule has 0 heterocycles. The molecule has 5 heteroatoms. The van der Waals surface area contributed by atoms with Crippen LogP contribution in [0.5, 0.6) is 0 Å². The molecule has 0 spiro atoms. The number of ether oxygens (including phenoxy) is 2. The van der Waals surface area contributed by atoms with Gasteiger partial charge in [-0.05, 0) is 53.9 Å². The van der Waals surface area contributed by atoms with Crippen LogP contribution in [0.2, 0.25) is 0 Å². The highest BCUT2D eigenvalue weighted by molar-refractivity contribution is 5.70. The van der Waals surface area contributed by atoms with E-state index in [1.807, 2.05) is 55.4 Å². The number of amides is 1. The fourth-order valence-electron chi connectivity index (χ4n) is 1.70. The van der Waals surface area contributed by atoms with Crippen molar-refractivity contribution in [2.45, 2.75) is 85.5 Å². The zero-order valence-corrected chi connectivity index (χ0v) is 14.7. The van der Waals surface area contributed by atoms with Crippen LogP contribution >= 0.6 is 0 Å². The van der Waals surface area contributed by atoms with E-state index >= 15 is 0 Å². The summed E-state index contributed by atoms with van der Waals surface area (Å²) in [5.41, 5.74) is -1.01. The maximum absolute atomic E-state index is 11.8. The Hall–Kier alpha value is -1.26. The van der Waals surface area contributed by atoms with Crippen LogP contribution < -0.4 is 5.32 Å². The average Bonchev–Trinajstić information content (AvgIpc) is 2.18. The van der Waals surface area contributed by atoms with Crippen LogP contribution in [0.4, 0.5) is 4.79 Å². The fraction of sp³-hybridized carbons (Fsp3) is 0.875. The monoisotopic (exact) mass is 301 g/mol. The van der Waals surface area contributed by atoms with E-state index in [1.54, 1.807) is 0 Å². The topological polar surface area (TPSA) is 64.6 Å². The number of hydrogen-bond donors (Lipinski definition) is 1. The second-order valence-electron chi connectivity index (χ2n) is 7.62. The number of carbonyl (C=O) groups excluding carboxylic acids is 2. The molecule has 0 radical (unpaired) electrons. The number of rotatable bonds is 5. The van der Waals surface area contributed by atoms with E-state index in [9.17, 15) is 9.59 Å². The second-order valence-corrected chi connectivity index (χ2v) is 7.62. The van der Waals surface area contributed by atoms with Gasteiger partial charge in [0.05, 0.1) is 0 Å². The highest BCUT2D eigenvalue weighted by Crippen LogP contribution is 2.14. The predicted octanol–water partition coefficient (Wildman–Crippen LogP) is 3.66. The molecule has 0 saturated carbocycles. The number of carbonyl (C=O) groups is 2. The quantitative estimate of drug-likeness (QED) is 0.787. The first-order chi connectivity index (χ1) is 9.30. The Kier molecular flexibility index (Phi) is 7.20. The van der Waals surface area contributed by atoms with Crippen LogP contribution in [0.3, 0.4) is 0 Å². The largest absolute Gasteiger partial charge is 0.460 e. The summed E-state index contributed by atoms with van der Waals surface area (Å²) < 4.78 is 10.5. The highest BCUT2D eigenvalue weighted by atomic mass is 16.6. The minimum Gasteiger partial charge on any atom is -0.460 e. The third kappa shape index (κ3) is 11.1. The maximum Gasteiger partial charge on any atom is 0.407 e. The maximum atomic E-state index is 11.8. The van der Waals surface area contributed by atoms with Crippen LogP contribution in [0, 0.1) is 5.92 Å². The predicted molar refractivity (Wildman–Crippen MR) is 83.1 cm³/mol. The first-order valence-corrected chi connectivity index (χ1v) is 7.51. The summed E-state index contributed by atoms with van der Waals surface area (Å²) in [6.45, 7) is 15.0. The molecule has 0 rings (SSSR count). The lowest BCUT2D eigenvalue weighted by molar-refractivity contribution is -0.155. The summed E-state index contributed by atoms with van der Waals surface area (Å²) in [5, 5.41) is 2.82. The molecular formula is C16H31NO4. The molecule has 0 aliphatic heterocycles. The lowest BCUT2D eigenvalue weighted by Gasteiger charge is -2.26. The SMILES string of the molecule is CC(C)[C@@H](CCC(=O)OC(C)(C)C)NC(=O)OC(C)(C)C. The molecule has 0 aromatic rings. The van der Waals surface area contributed by atoms with Crippen molar-refractivity contribution in [1.29, 1.82) is 0 Å². The number of alkyl carbamates (subject to hydrolysis) is 1. The molecule has 0 aliphatic rings. The molecule has 0 aromatic carbocycles. The van der Waals surface area contributed by atoms with Gasteiger partial charge in [-0.15, -0.1) is 0 Å². The Labute approximate surface area is 128 Å². The summed E-state index contributed by atoms with van der Waals surface area (Å²) in [6, 6.07) is -0.118. The van der Waals surface area contributed by atoms with Gasteiger partial charge >= 0.3 is 12.1 Å². The van der Waals surface area contributed by atoms with Crippen molar-refractivity contribution in [3.63, 3.8) is 0 Å². The van der Waals surface area contributed by atoms with Gasteiger partial charge in [-0.25, -0.2) is 4.79 Å². The first kappa shape index (κ1) is 19.7. The standard InChI is InChI=1S/C16H31NO4/c1-11(2)12(17-14(19)21-16(6,7)8)9-10-13(18)20-15(3,4)5/h11-12H,9-10H2,1-8H3,(H,17,19)/t12-/m1/s1. The lowest BCUT2D eigenvalue weighted by atomic mass is 9.99. The van der Waals surface area contributed by atoms with Gasteiger partial charge in [-0.3, -0.25) is 4.79 Å². The number of hydrogen-bond acceptors (Lipinski definition) is 4. The van der Waals surface area contributed by atoms with Crippen LogP contribution in [-0.2, 0) is 14.3 Å². The Morgan fingerprint density at radius 3 is 1.81 bits per heavy atom. The van der Waals surface area contributed by atoms with Gasteiger partial charge < -0.3 is 14.8 Å². The van der Waals surface area contributed by atoms with Crippen molar-refractivity contribution >= 4 is 12.1 Å². The van der Waals surface area contributed by atoms with E-state index in [-0.39, 0.29) is 24.3 Å². The molecule has 1 N–H and O–H groups in total. The summed E-state index contributed by atoms with van der Waals surface area (Å²) in [7, 11) is 0. The van der Waals surface area contributed by atoms with Gasteiger partial charge in [-0.2, -0.15) is 0 Å². The fourth-order valence-corrected chi connectivity index (χ4v) is 1.70. The molecule has 1 atom stereocenters. The van der Waals surface area contributed by atoms with Crippen LogP contribution in [0.15, 0.2) is 0 Å². The van der Waals surface area contributed by atoms with Crippen LogP contribution in [-0.4, -0.2) is 29.3 Å². The van der Waals surface area contributed by atoms with Crippen molar-refractivity contribution in [2.24, 2.45) is 5.92 Å². The van der Waals surface area contributed by atoms with Crippen molar-refractivity contribution in [1.82, 2.24) is 5.32 Å². The molecule has 1 amide bonds. The summed E-state index contributed by atoms with van der Waals surface area (Å²) in [4.78, 5) is 23.5. The van der Waals surface area contributed by atoms with E-state index in [2.05, 4.69) is 5.32 Å². The third-order valence-corrected chi connectivity index (χ3v) is 2.59. The molecule has 21 heavy (non-hydrogen) atoms. The smallest absolute Gasteiger partial charge is 0.407 e. The summed E-state index contributed by atoms with van der Waals surface area (Å²) >= 11 is 0. The van der Waals surface area contributed by atoms with Gasteiger partial charge in [-0.1, -0.05) is 13.8 Å². The number of esters is 1. The zero-order chi connectivity index (χ0) is 16.8. The lowest BCUT2D eigenvalue weighted by Crippen LogP contribution is -2.42. The Morgan fingerprint density at radius 1 is 0.952 bits per heavy atom. The number of nitrogens with one attached hydrogen (secondary N) is 1. The van der Waals surface area contributed by atoms with E-state index in [0.29, 0.717) is 6.42 Å². The molecule has 124 valence electrons. The average molecular weight is 301 g/mol. The first-order valence-electron chi connectivity index (χ1n) is 7.51. The minimum absolute atomic E-state index is 0.118. The normalized spacial score (nSPS) is 13.8. The highest BCUT2D eigenvalue weighted by Gasteiger charge is 2.23. The minimum atomic E-state index is -0.531. The van der Waals surface area contributed by atoms with E-state index in [4.69, 9.17) is 9.47 Å². The summed E-state index contributed by atoms with van der Waals surface area (Å²) in [5.74, 6) is -0.0425. The van der Waals surface area contributed by atoms with Crippen molar-refractivity contribution < 1.29 is 19.1 Å². The molecule has 0 saturated heterocycles. The summed E-state index contributed by atoms with van der Waals surface area (Å²) in [6.07, 6.45) is 0.354. The van der Waals surface area contributed by atoms with Crippen molar-refractivity contribution in [3.8, 4) is 0 Å². The zero-order valence-electron chi connectivity index (χ0n) is 14.7.